The van der Waals surface area contributed by atoms with Crippen molar-refractivity contribution in [2.75, 3.05) is 40.3 Å². The Kier molecular flexibility index (Phi) is 10.8. The molecule has 0 bridgehead atoms. The Balaban J connectivity index is 6.48. The van der Waals surface area contributed by atoms with E-state index < -0.39 is 93.7 Å². The molecule has 0 rings (SSSR count). The maximum atomic E-state index is 14.4. The highest BCUT2D eigenvalue weighted by Gasteiger charge is 2.92. The van der Waals surface area contributed by atoms with Gasteiger partial charge in [0.15, 0.2) is 0 Å². The fraction of sp³-hybridized carbons (Fsp3) is 0.882. The molecule has 0 unspecified atom stereocenters. The van der Waals surface area contributed by atoms with Gasteiger partial charge in [-0.3, -0.25) is 9.59 Å². The van der Waals surface area contributed by atoms with Gasteiger partial charge in [-0.2, -0.15) is 61.4 Å². The van der Waals surface area contributed by atoms with E-state index in [0.717, 1.165) is 0 Å². The van der Waals surface area contributed by atoms with Crippen LogP contribution >= 0.6 is 0 Å². The monoisotopic (exact) mass is 629 g/mol. The van der Waals surface area contributed by atoms with Crippen LogP contribution in [0.2, 0.25) is 0 Å². The molecule has 232 valence electrons. The Labute approximate surface area is 211 Å². The number of carbonyl (C=O) groups is 2. The van der Waals surface area contributed by atoms with Crippen molar-refractivity contribution in [2.45, 2.75) is 54.4 Å². The number of carboxylic acid groups (broad SMARTS) is 2. The minimum absolute atomic E-state index is 0.180. The zero-order chi connectivity index (χ0) is 31.7. The average molecular weight is 629 g/mol. The maximum Gasteiger partial charge on any atom is 0.460 e. The van der Waals surface area contributed by atoms with Crippen molar-refractivity contribution >= 4 is 22.0 Å². The summed E-state index contributed by atoms with van der Waals surface area (Å²) in [5, 5.41) is 9.83. The van der Waals surface area contributed by atoms with Crippen molar-refractivity contribution in [1.29, 1.82) is 0 Å². The van der Waals surface area contributed by atoms with Crippen molar-refractivity contribution in [3.8, 4) is 0 Å². The van der Waals surface area contributed by atoms with Crippen molar-refractivity contribution in [3.05, 3.63) is 0 Å². The third-order valence-corrected chi connectivity index (χ3v) is 7.19. The molecule has 8 nitrogen and oxygen atoms in total. The molecule has 0 saturated carbocycles. The maximum absolute atomic E-state index is 14.4. The van der Waals surface area contributed by atoms with Crippen LogP contribution in [0.5, 0.6) is 0 Å². The summed E-state index contributed by atoms with van der Waals surface area (Å²) >= 11 is 0. The summed E-state index contributed by atoms with van der Waals surface area (Å²) in [7, 11) is -4.75. The van der Waals surface area contributed by atoms with E-state index in [2.05, 4.69) is 0 Å². The number of carboxylic acids is 2. The summed E-state index contributed by atoms with van der Waals surface area (Å²) < 4.78 is 197. The standard InChI is InChI=1S/C17H21F13N2O6S/c1-32(2,9-5-11(35)36)8-3-6-31(7-4-10(33)34)39(37,38)17(29,30)15(24,25)13(20,21)12(18,19)14(22,23)16(26,27)28/h3-9H2,1-2H3,(H-,33,34,35,36)/p+1. The number of sulfonamides is 1. The second-order valence-corrected chi connectivity index (χ2v) is 10.7. The molecule has 0 aliphatic carbocycles. The third-order valence-electron chi connectivity index (χ3n) is 5.25. The first kappa shape index (κ1) is 36.9. The Bertz CT molecular complexity index is 1000. The van der Waals surface area contributed by atoms with Gasteiger partial charge < -0.3 is 14.7 Å². The Morgan fingerprint density at radius 1 is 0.667 bits per heavy atom. The second kappa shape index (κ2) is 11.4. The van der Waals surface area contributed by atoms with Crippen LogP contribution in [-0.4, -0.2) is 115 Å². The number of quaternary nitrogens is 1. The molecule has 0 aliphatic heterocycles. The summed E-state index contributed by atoms with van der Waals surface area (Å²) in [6, 6.07) is 0. The minimum Gasteiger partial charge on any atom is -0.481 e. The normalized spacial score (nSPS) is 15.1. The van der Waals surface area contributed by atoms with Crippen molar-refractivity contribution in [3.63, 3.8) is 0 Å². The molecule has 0 spiro atoms. The Morgan fingerprint density at radius 3 is 1.46 bits per heavy atom. The number of hydrogen-bond donors (Lipinski definition) is 2. The number of hydrogen-bond acceptors (Lipinski definition) is 4. The molecular formula is C17H22F13N2O6S+. The first-order valence-corrected chi connectivity index (χ1v) is 11.6. The first-order chi connectivity index (χ1) is 16.9. The van der Waals surface area contributed by atoms with Crippen LogP contribution in [0.4, 0.5) is 57.1 Å². The quantitative estimate of drug-likeness (QED) is 0.199. The van der Waals surface area contributed by atoms with Gasteiger partial charge in [0.25, 0.3) is 10.0 Å². The van der Waals surface area contributed by atoms with Crippen LogP contribution in [0.15, 0.2) is 0 Å². The van der Waals surface area contributed by atoms with Gasteiger partial charge in [-0.15, -0.1) is 0 Å². The molecule has 0 amide bonds. The fourth-order valence-electron chi connectivity index (χ4n) is 2.84. The van der Waals surface area contributed by atoms with Crippen LogP contribution in [-0.2, 0) is 19.6 Å². The molecule has 0 saturated heterocycles. The van der Waals surface area contributed by atoms with Gasteiger partial charge in [-0.25, -0.2) is 8.42 Å². The predicted octanol–water partition coefficient (Wildman–Crippen LogP) is 3.73. The van der Waals surface area contributed by atoms with Crippen molar-refractivity contribution in [1.82, 2.24) is 4.31 Å². The topological polar surface area (TPSA) is 112 Å². The van der Waals surface area contributed by atoms with Gasteiger partial charge >= 0.3 is 47.1 Å². The number of nitrogens with zero attached hydrogens (tertiary/aromatic N) is 2. The average Bonchev–Trinajstić information content (AvgIpc) is 2.72. The van der Waals surface area contributed by atoms with Gasteiger partial charge in [0, 0.05) is 19.5 Å². The van der Waals surface area contributed by atoms with Crippen LogP contribution < -0.4 is 0 Å². The highest BCUT2D eigenvalue weighted by molar-refractivity contribution is 7.90. The largest absolute Gasteiger partial charge is 0.481 e. The third kappa shape index (κ3) is 7.16. The molecule has 0 heterocycles. The van der Waals surface area contributed by atoms with E-state index in [0.29, 0.717) is 0 Å². The number of aliphatic carboxylic acids is 2. The molecule has 22 heteroatoms. The Hall–Kier alpha value is -2.10. The van der Waals surface area contributed by atoms with E-state index in [4.69, 9.17) is 10.2 Å². The van der Waals surface area contributed by atoms with E-state index >= 15 is 0 Å². The van der Waals surface area contributed by atoms with Crippen LogP contribution in [0.25, 0.3) is 0 Å². The molecule has 0 fully saturated rings. The smallest absolute Gasteiger partial charge is 0.460 e. The zero-order valence-electron chi connectivity index (χ0n) is 19.7. The summed E-state index contributed by atoms with van der Waals surface area (Å²) in [4.78, 5) is 21.4. The van der Waals surface area contributed by atoms with E-state index in [9.17, 15) is 75.1 Å². The SMILES string of the molecule is C[N+](C)(CCCN(CCC(=O)O)S(=O)(=O)C(F)(F)C(F)(F)C(F)(F)C(F)(F)C(F)(F)C(F)(F)F)CCC(=O)O. The number of halogens is 13. The fourth-order valence-corrected chi connectivity index (χ4v) is 4.31. The van der Waals surface area contributed by atoms with Gasteiger partial charge in [0.2, 0.25) is 0 Å². The van der Waals surface area contributed by atoms with E-state index in [1.54, 1.807) is 0 Å². The molecule has 2 N–H and O–H groups in total. The van der Waals surface area contributed by atoms with Crippen molar-refractivity contribution < 1.29 is 89.8 Å². The molecular weight excluding hydrogens is 607 g/mol. The summed E-state index contributed by atoms with van der Waals surface area (Å²) in [5.41, 5.74) is 0. The summed E-state index contributed by atoms with van der Waals surface area (Å²) in [6.45, 7) is -3.59. The summed E-state index contributed by atoms with van der Waals surface area (Å²) in [5.74, 6) is -36.1. The first-order valence-electron chi connectivity index (χ1n) is 10.1. The van der Waals surface area contributed by atoms with E-state index in [-0.39, 0.29) is 17.6 Å². The summed E-state index contributed by atoms with van der Waals surface area (Å²) in [6.07, 6.45) is -10.3. The van der Waals surface area contributed by atoms with Crippen molar-refractivity contribution in [2.24, 2.45) is 0 Å². The number of rotatable bonds is 16. The highest BCUT2D eigenvalue weighted by atomic mass is 32.2. The van der Waals surface area contributed by atoms with Gasteiger partial charge in [0.05, 0.1) is 40.0 Å². The second-order valence-electron chi connectivity index (χ2n) is 8.74. The lowest BCUT2D eigenvalue weighted by molar-refractivity contribution is -0.889. The van der Waals surface area contributed by atoms with E-state index in [1.807, 2.05) is 0 Å². The lowest BCUT2D eigenvalue weighted by atomic mass is 9.98. The molecule has 0 atom stereocenters. The highest BCUT2D eigenvalue weighted by Crippen LogP contribution is 2.61. The molecule has 0 radical (unpaired) electrons. The number of alkyl halides is 13. The van der Waals surface area contributed by atoms with Crippen LogP contribution in [0.1, 0.15) is 19.3 Å². The molecule has 0 aromatic carbocycles. The van der Waals surface area contributed by atoms with Crippen LogP contribution in [0, 0.1) is 0 Å². The lowest BCUT2D eigenvalue weighted by Gasteiger charge is -2.40. The van der Waals surface area contributed by atoms with Crippen LogP contribution in [0.3, 0.4) is 0 Å². The molecule has 0 aliphatic rings. The lowest BCUT2D eigenvalue weighted by Crippen LogP contribution is -2.72. The molecule has 0 aromatic heterocycles. The molecule has 0 aromatic rings. The van der Waals surface area contributed by atoms with Gasteiger partial charge in [-0.05, 0) is 0 Å². The zero-order valence-corrected chi connectivity index (χ0v) is 20.5. The van der Waals surface area contributed by atoms with E-state index in [1.165, 1.54) is 14.1 Å². The van der Waals surface area contributed by atoms with Gasteiger partial charge in [-0.1, -0.05) is 0 Å². The Morgan fingerprint density at radius 2 is 1.08 bits per heavy atom. The minimum atomic E-state index is -8.34. The molecule has 39 heavy (non-hydrogen) atoms. The van der Waals surface area contributed by atoms with Gasteiger partial charge in [0.1, 0.15) is 0 Å². The predicted molar refractivity (Wildman–Crippen MR) is 102 cm³/mol.